The zero-order valence-corrected chi connectivity index (χ0v) is 38.6. The number of pyridine rings is 3. The number of aryl methyl sites for hydroxylation is 4. The van der Waals surface area contributed by atoms with Crippen LogP contribution >= 0.6 is 0 Å². The molecule has 11 rings (SSSR count). The maximum absolute atomic E-state index is 4.93. The van der Waals surface area contributed by atoms with Crippen molar-refractivity contribution in [3.05, 3.63) is 265 Å². The molecule has 0 bridgehead atoms. The monoisotopic (exact) mass is 900 g/mol. The molecule has 6 nitrogen and oxygen atoms in total. The Morgan fingerprint density at radius 3 is 1.09 bits per heavy atom. The normalized spacial score (nSPS) is 11.1. The van der Waals surface area contributed by atoms with Gasteiger partial charge in [0, 0.05) is 52.0 Å². The molecule has 0 fully saturated rings. The third kappa shape index (κ3) is 10.1. The maximum atomic E-state index is 4.93. The number of hydrogen-bond acceptors (Lipinski definition) is 6. The smallest absolute Gasteiger partial charge is 0.165 e. The molecule has 0 unspecified atom stereocenters. The van der Waals surface area contributed by atoms with Crippen LogP contribution < -0.4 is 0 Å². The van der Waals surface area contributed by atoms with Crippen molar-refractivity contribution in [2.24, 2.45) is 0 Å². The van der Waals surface area contributed by atoms with E-state index in [0.29, 0.717) is 17.5 Å². The van der Waals surface area contributed by atoms with Crippen molar-refractivity contribution in [1.82, 2.24) is 29.9 Å². The third-order valence-electron chi connectivity index (χ3n) is 12.7. The van der Waals surface area contributed by atoms with E-state index < -0.39 is 0 Å². The lowest BCUT2D eigenvalue weighted by molar-refractivity contribution is 0.931. The molecule has 11 aromatic rings. The quantitative estimate of drug-likeness (QED) is 0.108. The molecule has 0 aliphatic heterocycles. The molecule has 0 saturated heterocycles. The Labute approximate surface area is 409 Å². The fourth-order valence-electron chi connectivity index (χ4n) is 8.98. The minimum atomic E-state index is 0.580. The summed E-state index contributed by atoms with van der Waals surface area (Å²) in [5, 5.41) is 0. The van der Waals surface area contributed by atoms with Crippen molar-refractivity contribution >= 4 is 0 Å². The Morgan fingerprint density at radius 1 is 0.243 bits per heavy atom. The van der Waals surface area contributed by atoms with Crippen molar-refractivity contribution in [1.29, 1.82) is 0 Å². The van der Waals surface area contributed by atoms with Gasteiger partial charge in [0.05, 0.1) is 17.1 Å². The van der Waals surface area contributed by atoms with Gasteiger partial charge < -0.3 is 0 Å². The summed E-state index contributed by atoms with van der Waals surface area (Å²) in [5.41, 5.74) is 18.9. The van der Waals surface area contributed by atoms with E-state index in [9.17, 15) is 0 Å². The molecule has 7 aromatic carbocycles. The summed E-state index contributed by atoms with van der Waals surface area (Å²) in [4.78, 5) is 28.7. The van der Waals surface area contributed by atoms with Gasteiger partial charge in [0.2, 0.25) is 0 Å². The van der Waals surface area contributed by atoms with Gasteiger partial charge in [0.15, 0.2) is 17.5 Å². The van der Waals surface area contributed by atoms with Crippen molar-refractivity contribution in [3.8, 4) is 90.2 Å². The van der Waals surface area contributed by atoms with Gasteiger partial charge >= 0.3 is 0 Å². The molecule has 0 saturated carbocycles. The van der Waals surface area contributed by atoms with Gasteiger partial charge in [-0.3, -0.25) is 15.0 Å². The predicted octanol–water partition coefficient (Wildman–Crippen LogP) is 15.0. The first-order valence-corrected chi connectivity index (χ1v) is 23.8. The van der Waals surface area contributed by atoms with Crippen LogP contribution in [0.3, 0.4) is 0 Å². The van der Waals surface area contributed by atoms with Gasteiger partial charge in [0.1, 0.15) is 0 Å². The number of rotatable bonds is 14. The number of hydrogen-bond donors (Lipinski definition) is 0. The first kappa shape index (κ1) is 43.6. The van der Waals surface area contributed by atoms with Gasteiger partial charge in [-0.05, 0) is 107 Å². The first-order valence-electron chi connectivity index (χ1n) is 23.8. The number of aromatic nitrogens is 6. The molecule has 0 N–H and O–H groups in total. The van der Waals surface area contributed by atoms with Crippen molar-refractivity contribution in [2.45, 2.75) is 25.7 Å². The molecule has 0 aliphatic rings. The molecule has 0 radical (unpaired) electrons. The fourth-order valence-corrected chi connectivity index (χ4v) is 8.98. The van der Waals surface area contributed by atoms with Crippen LogP contribution in [0.5, 0.6) is 0 Å². The van der Waals surface area contributed by atoms with Crippen molar-refractivity contribution in [2.75, 3.05) is 0 Å². The lowest BCUT2D eigenvalue weighted by Crippen LogP contribution is -2.00. The Balaban J connectivity index is 0.858. The molecule has 6 heteroatoms. The van der Waals surface area contributed by atoms with Crippen LogP contribution in [0.2, 0.25) is 0 Å². The maximum Gasteiger partial charge on any atom is 0.165 e. The number of benzene rings is 7. The third-order valence-corrected chi connectivity index (χ3v) is 12.7. The molecule has 70 heavy (non-hydrogen) atoms. The predicted molar refractivity (Wildman–Crippen MR) is 284 cm³/mol. The summed E-state index contributed by atoms with van der Waals surface area (Å²) in [6, 6.07) is 78.7. The minimum absolute atomic E-state index is 0.580. The zero-order valence-electron chi connectivity index (χ0n) is 38.6. The van der Waals surface area contributed by atoms with Crippen LogP contribution in [-0.4, -0.2) is 29.9 Å². The van der Waals surface area contributed by atoms with Crippen LogP contribution in [0.25, 0.3) is 90.2 Å². The van der Waals surface area contributed by atoms with Gasteiger partial charge in [0.25, 0.3) is 0 Å². The average Bonchev–Trinajstić information content (AvgIpc) is 3.45. The topological polar surface area (TPSA) is 77.3 Å². The SMILES string of the molecule is c1ccc(-c2nc(-c3ccccc3)nc(-c3ccc(-c4ccc(-c5ccccc5-c5cc(CCc6ccc(-c7ccccn7)cc6)cc(CCc6ccc(-c7ccccn7)cc6)c5)cc4)nc3)n2)cc1. The van der Waals surface area contributed by atoms with Crippen LogP contribution in [-0.2, 0) is 25.7 Å². The van der Waals surface area contributed by atoms with E-state index >= 15 is 0 Å². The highest BCUT2D eigenvalue weighted by molar-refractivity contribution is 5.85. The number of nitrogens with zero attached hydrogens (tertiary/aromatic N) is 6. The standard InChI is InChI=1S/C64H48N6/c1-3-13-53(14-4-1)62-68-63(54-15-5-2-6-16-54)70-64(69-62)55-37-38-61(67-44-55)52-35-33-49(34-36-52)57-17-7-8-18-58(57)56-42-47(23-21-45-25-29-50(30-26-45)59-19-9-11-39-65-59)41-48(43-56)24-22-46-27-31-51(32-28-46)60-20-10-12-40-66-60/h1-20,25-44H,21-24H2. The summed E-state index contributed by atoms with van der Waals surface area (Å²) in [6.07, 6.45) is 9.30. The minimum Gasteiger partial charge on any atom is -0.256 e. The van der Waals surface area contributed by atoms with Crippen molar-refractivity contribution in [3.63, 3.8) is 0 Å². The summed E-state index contributed by atoms with van der Waals surface area (Å²) >= 11 is 0. The van der Waals surface area contributed by atoms with Gasteiger partial charge in [-0.1, -0.05) is 188 Å². The lowest BCUT2D eigenvalue weighted by atomic mass is 9.90. The first-order chi connectivity index (χ1) is 34.6. The second kappa shape index (κ2) is 20.5. The van der Waals surface area contributed by atoms with E-state index in [4.69, 9.17) is 19.9 Å². The lowest BCUT2D eigenvalue weighted by Gasteiger charge is -2.15. The van der Waals surface area contributed by atoms with Crippen molar-refractivity contribution < 1.29 is 0 Å². The Hall–Kier alpha value is -9.00. The summed E-state index contributed by atoms with van der Waals surface area (Å²) in [5.74, 6) is 1.83. The highest BCUT2D eigenvalue weighted by atomic mass is 15.0. The van der Waals surface area contributed by atoms with Crippen LogP contribution in [0.15, 0.2) is 243 Å². The molecule has 4 heterocycles. The molecular formula is C64H48N6. The zero-order chi connectivity index (χ0) is 46.9. The molecular weight excluding hydrogens is 853 g/mol. The summed E-state index contributed by atoms with van der Waals surface area (Å²) < 4.78 is 0. The van der Waals surface area contributed by atoms with Gasteiger partial charge in [-0.15, -0.1) is 0 Å². The fraction of sp³-hybridized carbons (Fsp3) is 0.0625. The second-order valence-electron chi connectivity index (χ2n) is 17.5. The van der Waals surface area contributed by atoms with Crippen LogP contribution in [0.1, 0.15) is 22.3 Å². The van der Waals surface area contributed by atoms with Gasteiger partial charge in [-0.2, -0.15) is 0 Å². The van der Waals surface area contributed by atoms with Crippen LogP contribution in [0.4, 0.5) is 0 Å². The molecule has 4 aromatic heterocycles. The van der Waals surface area contributed by atoms with E-state index in [1.807, 2.05) is 116 Å². The molecule has 0 aliphatic carbocycles. The Kier molecular flexibility index (Phi) is 12.7. The Morgan fingerprint density at radius 2 is 0.629 bits per heavy atom. The molecule has 0 spiro atoms. The molecule has 334 valence electrons. The second-order valence-corrected chi connectivity index (χ2v) is 17.5. The highest BCUT2D eigenvalue weighted by Gasteiger charge is 2.15. The summed E-state index contributed by atoms with van der Waals surface area (Å²) in [6.45, 7) is 0. The Bertz CT molecular complexity index is 3310. The average molecular weight is 901 g/mol. The molecule has 0 atom stereocenters. The van der Waals surface area contributed by atoms with Crippen LogP contribution in [0, 0.1) is 0 Å². The van der Waals surface area contributed by atoms with E-state index in [0.717, 1.165) is 81.7 Å². The summed E-state index contributed by atoms with van der Waals surface area (Å²) in [7, 11) is 0. The largest absolute Gasteiger partial charge is 0.256 e. The van der Waals surface area contributed by atoms with Gasteiger partial charge in [-0.25, -0.2) is 15.0 Å². The highest BCUT2D eigenvalue weighted by Crippen LogP contribution is 2.35. The molecule has 0 amide bonds. The van der Waals surface area contributed by atoms with E-state index in [2.05, 4.69) is 137 Å². The van der Waals surface area contributed by atoms with E-state index in [1.54, 1.807) is 0 Å². The van der Waals surface area contributed by atoms with E-state index in [1.165, 1.54) is 38.9 Å². The van der Waals surface area contributed by atoms with E-state index in [-0.39, 0.29) is 0 Å².